The van der Waals surface area contributed by atoms with Gasteiger partial charge in [-0.15, -0.1) is 0 Å². The Hall–Kier alpha value is -3.72. The number of thioether (sulfide) groups is 1. The fourth-order valence-electron chi connectivity index (χ4n) is 4.17. The van der Waals surface area contributed by atoms with Crippen LogP contribution in [0.1, 0.15) is 36.0 Å². The maximum Gasteiger partial charge on any atom is 0.262 e. The molecule has 1 aromatic heterocycles. The summed E-state index contributed by atoms with van der Waals surface area (Å²) >= 11 is 1.38. The van der Waals surface area contributed by atoms with Crippen molar-refractivity contribution in [3.63, 3.8) is 0 Å². The maximum absolute atomic E-state index is 12.6. The van der Waals surface area contributed by atoms with Crippen LogP contribution in [0.5, 0.6) is 0 Å². The van der Waals surface area contributed by atoms with Crippen molar-refractivity contribution in [1.29, 1.82) is 0 Å². The fraction of sp³-hybridized carbons (Fsp3) is 0.269. The van der Waals surface area contributed by atoms with Crippen molar-refractivity contribution >= 4 is 56.9 Å². The Balaban J connectivity index is 1.14. The zero-order valence-corrected chi connectivity index (χ0v) is 19.9. The van der Waals surface area contributed by atoms with Gasteiger partial charge in [-0.25, -0.2) is 0 Å². The van der Waals surface area contributed by atoms with Gasteiger partial charge in [-0.3, -0.25) is 19.4 Å². The normalized spacial score (nSPS) is 17.8. The summed E-state index contributed by atoms with van der Waals surface area (Å²) in [6.45, 7) is 1.83. The van der Waals surface area contributed by atoms with Gasteiger partial charge in [-0.2, -0.15) is 4.99 Å². The van der Waals surface area contributed by atoms with E-state index in [0.29, 0.717) is 16.9 Å². The Morgan fingerprint density at radius 1 is 0.971 bits per heavy atom. The number of piperidine rings is 1. The molecule has 0 saturated carbocycles. The minimum absolute atomic E-state index is 0.0589. The van der Waals surface area contributed by atoms with Crippen LogP contribution in [0.3, 0.4) is 0 Å². The molecule has 5 rings (SSSR count). The van der Waals surface area contributed by atoms with E-state index < -0.39 is 5.25 Å². The second-order valence-corrected chi connectivity index (χ2v) is 9.75. The smallest absolute Gasteiger partial charge is 0.262 e. The van der Waals surface area contributed by atoms with E-state index in [0.717, 1.165) is 42.0 Å². The molecule has 35 heavy (non-hydrogen) atoms. The van der Waals surface area contributed by atoms with E-state index in [4.69, 9.17) is 0 Å². The lowest BCUT2D eigenvalue weighted by Gasteiger charge is -2.27. The topological polar surface area (TPSA) is 104 Å². The van der Waals surface area contributed by atoms with E-state index in [9.17, 15) is 14.4 Å². The third-order valence-corrected chi connectivity index (χ3v) is 7.23. The number of amidine groups is 1. The number of carbonyl (C=O) groups excluding carboxylic acids is 3. The molecule has 2 N–H and O–H groups in total. The summed E-state index contributed by atoms with van der Waals surface area (Å²) in [4.78, 5) is 48.1. The van der Waals surface area contributed by atoms with Crippen LogP contribution >= 0.6 is 11.8 Å². The predicted molar refractivity (Wildman–Crippen MR) is 139 cm³/mol. The number of anilines is 2. The summed E-state index contributed by atoms with van der Waals surface area (Å²) in [6, 6.07) is 16.0. The van der Waals surface area contributed by atoms with E-state index in [1.165, 1.54) is 18.2 Å². The van der Waals surface area contributed by atoms with Crippen LogP contribution in [0, 0.1) is 0 Å². The predicted octanol–water partition coefficient (Wildman–Crippen LogP) is 4.30. The lowest BCUT2D eigenvalue weighted by molar-refractivity contribution is -0.121. The highest BCUT2D eigenvalue weighted by molar-refractivity contribution is 8.15. The molecule has 178 valence electrons. The van der Waals surface area contributed by atoms with Gasteiger partial charge in [-0.1, -0.05) is 17.8 Å². The zero-order chi connectivity index (χ0) is 24.2. The van der Waals surface area contributed by atoms with Crippen molar-refractivity contribution in [2.45, 2.75) is 30.9 Å². The first-order chi connectivity index (χ1) is 17.0. The van der Waals surface area contributed by atoms with E-state index in [-0.39, 0.29) is 24.1 Å². The summed E-state index contributed by atoms with van der Waals surface area (Å²) in [5, 5.41) is 6.89. The largest absolute Gasteiger partial charge is 0.351 e. The van der Waals surface area contributed by atoms with Crippen LogP contribution < -0.4 is 10.6 Å². The van der Waals surface area contributed by atoms with Crippen molar-refractivity contribution in [1.82, 2.24) is 9.88 Å². The van der Waals surface area contributed by atoms with Crippen LogP contribution in [0.4, 0.5) is 11.4 Å². The SMILES string of the molecule is O=C(CC1SC(N2CCCCC2)=NC1=O)Nc1ccc(C(=O)Nc2ccc3ncccc3c2)cc1. The van der Waals surface area contributed by atoms with Crippen LogP contribution in [0.15, 0.2) is 65.8 Å². The Bertz CT molecular complexity index is 1300. The highest BCUT2D eigenvalue weighted by atomic mass is 32.2. The van der Waals surface area contributed by atoms with E-state index in [1.54, 1.807) is 30.5 Å². The van der Waals surface area contributed by atoms with E-state index in [2.05, 4.69) is 25.5 Å². The monoisotopic (exact) mass is 487 g/mol. The molecule has 9 heteroatoms. The molecule has 1 fully saturated rings. The van der Waals surface area contributed by atoms with E-state index in [1.807, 2.05) is 30.3 Å². The number of amides is 3. The first kappa shape index (κ1) is 23.0. The standard InChI is InChI=1S/C26H25N5O3S/c32-23(16-22-25(34)30-26(35-22)31-13-2-1-3-14-31)28-19-8-6-17(7-9-19)24(33)29-20-10-11-21-18(15-20)5-4-12-27-21/h4-12,15,22H,1-3,13-14,16H2,(H,28,32)(H,29,33). The third-order valence-electron chi connectivity index (χ3n) is 6.02. The molecular weight excluding hydrogens is 462 g/mol. The summed E-state index contributed by atoms with van der Waals surface area (Å²) in [6.07, 6.45) is 5.20. The number of aromatic nitrogens is 1. The number of likely N-dealkylation sites (tertiary alicyclic amines) is 1. The molecule has 1 saturated heterocycles. The molecule has 2 aliphatic rings. The molecule has 0 bridgehead atoms. The van der Waals surface area contributed by atoms with Gasteiger partial charge in [-0.05, 0) is 67.8 Å². The molecule has 0 spiro atoms. The Morgan fingerprint density at radius 2 is 1.74 bits per heavy atom. The molecule has 2 aromatic carbocycles. The Labute approximate surface area is 207 Å². The Kier molecular flexibility index (Phi) is 6.76. The van der Waals surface area contributed by atoms with Gasteiger partial charge in [0.2, 0.25) is 5.91 Å². The van der Waals surface area contributed by atoms with Crippen molar-refractivity contribution in [3.8, 4) is 0 Å². The Morgan fingerprint density at radius 3 is 2.54 bits per heavy atom. The lowest BCUT2D eigenvalue weighted by atomic mass is 10.1. The van der Waals surface area contributed by atoms with Crippen molar-refractivity contribution in [2.24, 2.45) is 4.99 Å². The number of carbonyl (C=O) groups is 3. The van der Waals surface area contributed by atoms with Gasteiger partial charge in [0.25, 0.3) is 11.8 Å². The molecule has 2 aliphatic heterocycles. The van der Waals surface area contributed by atoms with Gasteiger partial charge >= 0.3 is 0 Å². The van der Waals surface area contributed by atoms with Crippen LogP contribution in [0.25, 0.3) is 10.9 Å². The minimum atomic E-state index is -0.492. The molecule has 0 aliphatic carbocycles. The molecule has 0 radical (unpaired) electrons. The minimum Gasteiger partial charge on any atom is -0.351 e. The van der Waals surface area contributed by atoms with Gasteiger partial charge in [0, 0.05) is 48.0 Å². The first-order valence-electron chi connectivity index (χ1n) is 11.7. The number of aliphatic imine (C=N–C) groups is 1. The number of rotatable bonds is 5. The second kappa shape index (κ2) is 10.3. The highest BCUT2D eigenvalue weighted by Crippen LogP contribution is 2.29. The van der Waals surface area contributed by atoms with Gasteiger partial charge in [0.15, 0.2) is 5.17 Å². The number of benzene rings is 2. The second-order valence-electron chi connectivity index (χ2n) is 8.58. The summed E-state index contributed by atoms with van der Waals surface area (Å²) in [7, 11) is 0. The molecule has 8 nitrogen and oxygen atoms in total. The maximum atomic E-state index is 12.6. The van der Waals surface area contributed by atoms with Crippen molar-refractivity contribution in [3.05, 3.63) is 66.4 Å². The first-order valence-corrected chi connectivity index (χ1v) is 12.5. The summed E-state index contributed by atoms with van der Waals surface area (Å²) in [5.41, 5.74) is 2.57. The quantitative estimate of drug-likeness (QED) is 0.556. The number of hydrogen-bond acceptors (Lipinski definition) is 6. The summed E-state index contributed by atoms with van der Waals surface area (Å²) < 4.78 is 0. The summed E-state index contributed by atoms with van der Waals surface area (Å²) in [5.74, 6) is -0.753. The highest BCUT2D eigenvalue weighted by Gasteiger charge is 2.33. The molecule has 3 heterocycles. The number of hydrogen-bond donors (Lipinski definition) is 2. The third kappa shape index (κ3) is 5.51. The zero-order valence-electron chi connectivity index (χ0n) is 19.1. The number of pyridine rings is 1. The van der Waals surface area contributed by atoms with Crippen LogP contribution in [-0.4, -0.2) is 51.1 Å². The van der Waals surface area contributed by atoms with Crippen LogP contribution in [0.2, 0.25) is 0 Å². The molecule has 3 amide bonds. The number of nitrogens with zero attached hydrogens (tertiary/aromatic N) is 3. The number of nitrogens with one attached hydrogen (secondary N) is 2. The average Bonchev–Trinajstić information content (AvgIpc) is 3.24. The average molecular weight is 488 g/mol. The van der Waals surface area contributed by atoms with E-state index >= 15 is 0 Å². The van der Waals surface area contributed by atoms with Gasteiger partial charge < -0.3 is 15.5 Å². The molecule has 3 aromatic rings. The fourth-order valence-corrected chi connectivity index (χ4v) is 5.29. The molecular formula is C26H25N5O3S. The lowest BCUT2D eigenvalue weighted by Crippen LogP contribution is -2.33. The van der Waals surface area contributed by atoms with Gasteiger partial charge in [0.1, 0.15) is 5.25 Å². The van der Waals surface area contributed by atoms with Crippen molar-refractivity contribution < 1.29 is 14.4 Å². The van der Waals surface area contributed by atoms with Crippen LogP contribution in [-0.2, 0) is 9.59 Å². The van der Waals surface area contributed by atoms with Gasteiger partial charge in [0.05, 0.1) is 5.52 Å². The number of fused-ring (bicyclic) bond motifs is 1. The molecule has 1 unspecified atom stereocenters. The molecule has 1 atom stereocenters. The van der Waals surface area contributed by atoms with Crippen molar-refractivity contribution in [2.75, 3.05) is 23.7 Å².